The molecule has 2 atom stereocenters. The van der Waals surface area contributed by atoms with E-state index in [1.54, 1.807) is 0 Å². The van der Waals surface area contributed by atoms with Gasteiger partial charge in [0.05, 0.1) is 17.3 Å². The summed E-state index contributed by atoms with van der Waals surface area (Å²) in [5, 5.41) is 1.30. The van der Waals surface area contributed by atoms with Gasteiger partial charge in [0, 0.05) is 37.6 Å². The van der Waals surface area contributed by atoms with Gasteiger partial charge in [0.1, 0.15) is 11.3 Å². The van der Waals surface area contributed by atoms with Gasteiger partial charge in [-0.05, 0) is 116 Å². The molecule has 0 saturated heterocycles. The number of benzene rings is 7. The molecule has 2 unspecified atom stereocenters. The molecule has 2 aromatic heterocycles. The van der Waals surface area contributed by atoms with Crippen molar-refractivity contribution >= 4 is 34.4 Å². The van der Waals surface area contributed by atoms with Crippen LogP contribution in [0.25, 0.3) is 78.5 Å². The number of furan rings is 1. The van der Waals surface area contributed by atoms with Gasteiger partial charge in [0.25, 0.3) is 0 Å². The number of thioether (sulfide) groups is 1. The molecule has 0 radical (unpaired) electrons. The third-order valence-corrected chi connectivity index (χ3v) is 14.2. The lowest BCUT2D eigenvalue weighted by atomic mass is 9.80. The van der Waals surface area contributed by atoms with Gasteiger partial charge >= 0.3 is 0 Å². The van der Waals surface area contributed by atoms with Crippen LogP contribution in [-0.2, 0) is 5.41 Å². The fourth-order valence-electron chi connectivity index (χ4n) is 9.91. The summed E-state index contributed by atoms with van der Waals surface area (Å²) in [5.74, 6) is 1.17. The molecule has 0 N–H and O–H groups in total. The largest absolute Gasteiger partial charge is 0.460 e. The van der Waals surface area contributed by atoms with Gasteiger partial charge in [-0.3, -0.25) is 0 Å². The first-order chi connectivity index (χ1) is 29.0. The van der Waals surface area contributed by atoms with Crippen LogP contribution in [0.5, 0.6) is 0 Å². The number of fused-ring (bicyclic) bond motifs is 10. The number of rotatable bonds is 5. The van der Waals surface area contributed by atoms with Crippen LogP contribution in [0.4, 0.5) is 0 Å². The predicted octanol–water partition coefficient (Wildman–Crippen LogP) is 15.0. The second-order valence-corrected chi connectivity index (χ2v) is 17.8. The molecule has 3 heterocycles. The van der Waals surface area contributed by atoms with Gasteiger partial charge in [-0.1, -0.05) is 147 Å². The minimum Gasteiger partial charge on any atom is -0.460 e. The lowest BCUT2D eigenvalue weighted by molar-refractivity contribution is 0.523. The smallest absolute Gasteiger partial charge is 0.134 e. The molecule has 12 rings (SSSR count). The number of aromatic nitrogens is 1. The third-order valence-electron chi connectivity index (χ3n) is 12.8. The molecule has 0 bridgehead atoms. The fourth-order valence-corrected chi connectivity index (χ4v) is 11.4. The summed E-state index contributed by atoms with van der Waals surface area (Å²) in [7, 11) is 0. The lowest BCUT2D eigenvalue weighted by Gasteiger charge is -2.27. The van der Waals surface area contributed by atoms with Crippen LogP contribution in [-0.4, -0.2) is 10.2 Å². The van der Waals surface area contributed by atoms with E-state index in [1.165, 1.54) is 71.7 Å². The van der Waals surface area contributed by atoms with Gasteiger partial charge in [0.2, 0.25) is 0 Å². The standard InChI is InChI=1S/C56H39NOS/c1-56(2)47-22-12-9-19-41(47)42-26-25-36(30-48(42)56)49-31-39(32-50(57-49)40-28-37(34-15-5-3-6-16-34)27-38(29-40)35-17-7-4-8-18-35)45-33-46-43-20-10-13-23-51(43)58-54(46)53-44-21-11-14-24-52(44)59-55(45)53/h3-33,53,55H,1-2H3. The minimum absolute atomic E-state index is 0.101. The Bertz CT molecular complexity index is 3110. The van der Waals surface area contributed by atoms with Crippen molar-refractivity contribution in [3.8, 4) is 55.9 Å². The molecule has 1 aliphatic heterocycles. The van der Waals surface area contributed by atoms with Crippen LogP contribution in [0.2, 0.25) is 0 Å². The monoisotopic (exact) mass is 773 g/mol. The first-order valence-corrected chi connectivity index (χ1v) is 21.4. The van der Waals surface area contributed by atoms with E-state index < -0.39 is 0 Å². The highest BCUT2D eigenvalue weighted by Gasteiger charge is 2.43. The quantitative estimate of drug-likeness (QED) is 0.174. The van der Waals surface area contributed by atoms with E-state index in [1.807, 2.05) is 11.8 Å². The topological polar surface area (TPSA) is 26.0 Å². The van der Waals surface area contributed by atoms with Crippen molar-refractivity contribution in [2.24, 2.45) is 0 Å². The fraction of sp³-hybridized carbons (Fsp3) is 0.0893. The molecule has 0 amide bonds. The first kappa shape index (κ1) is 34.4. The van der Waals surface area contributed by atoms with Crippen molar-refractivity contribution in [3.05, 3.63) is 216 Å². The van der Waals surface area contributed by atoms with Crippen molar-refractivity contribution in [1.29, 1.82) is 0 Å². The number of pyridine rings is 1. The Morgan fingerprint density at radius 3 is 1.92 bits per heavy atom. The van der Waals surface area contributed by atoms with E-state index in [4.69, 9.17) is 9.40 Å². The van der Waals surface area contributed by atoms with E-state index in [0.717, 1.165) is 39.2 Å². The Kier molecular flexibility index (Phi) is 7.67. The Hall–Kier alpha value is -6.68. The Morgan fingerprint density at radius 2 is 1.14 bits per heavy atom. The van der Waals surface area contributed by atoms with Crippen molar-refractivity contribution in [1.82, 2.24) is 4.98 Å². The summed E-state index contributed by atoms with van der Waals surface area (Å²) in [4.78, 5) is 6.94. The highest BCUT2D eigenvalue weighted by molar-refractivity contribution is 8.00. The molecule has 0 saturated carbocycles. The molecule has 2 aliphatic carbocycles. The zero-order chi connectivity index (χ0) is 39.2. The Labute approximate surface area is 348 Å². The van der Waals surface area contributed by atoms with Gasteiger partial charge in [-0.25, -0.2) is 4.98 Å². The molecule has 0 spiro atoms. The van der Waals surface area contributed by atoms with Crippen molar-refractivity contribution in [3.63, 3.8) is 0 Å². The number of hydrogen-bond acceptors (Lipinski definition) is 3. The van der Waals surface area contributed by atoms with Gasteiger partial charge in [-0.2, -0.15) is 0 Å². The van der Waals surface area contributed by atoms with Crippen molar-refractivity contribution < 1.29 is 4.42 Å². The van der Waals surface area contributed by atoms with Crippen LogP contribution >= 0.6 is 11.8 Å². The molecule has 2 nitrogen and oxygen atoms in total. The second kappa shape index (κ2) is 13.2. The Morgan fingerprint density at radius 1 is 0.508 bits per heavy atom. The second-order valence-electron chi connectivity index (χ2n) is 16.6. The molecule has 0 fully saturated rings. The maximum Gasteiger partial charge on any atom is 0.134 e. The minimum atomic E-state index is -0.124. The average Bonchev–Trinajstić information content (AvgIpc) is 3.94. The zero-order valence-corrected chi connectivity index (χ0v) is 33.6. The number of hydrogen-bond donors (Lipinski definition) is 0. The van der Waals surface area contributed by atoms with Crippen LogP contribution in [0.15, 0.2) is 191 Å². The zero-order valence-electron chi connectivity index (χ0n) is 32.8. The van der Waals surface area contributed by atoms with Crippen molar-refractivity contribution in [2.75, 3.05) is 0 Å². The van der Waals surface area contributed by atoms with Crippen molar-refractivity contribution in [2.45, 2.75) is 35.3 Å². The molecule has 59 heavy (non-hydrogen) atoms. The summed E-state index contributed by atoms with van der Waals surface area (Å²) >= 11 is 1.96. The van der Waals surface area contributed by atoms with E-state index >= 15 is 0 Å². The van der Waals surface area contributed by atoms with E-state index in [2.05, 4.69) is 202 Å². The van der Waals surface area contributed by atoms with Gasteiger partial charge in [-0.15, -0.1) is 11.8 Å². The summed E-state index contributed by atoms with van der Waals surface area (Å²) in [6, 6.07) is 66.3. The van der Waals surface area contributed by atoms with Gasteiger partial charge in [0.15, 0.2) is 0 Å². The molecular weight excluding hydrogens is 735 g/mol. The van der Waals surface area contributed by atoms with E-state index in [9.17, 15) is 0 Å². The SMILES string of the molecule is CC1(C)c2ccccc2-c2ccc(-c3cc(C4=Cc5c(oc6ccccc56)C5c6ccccc6SC45)cc(-c4cc(-c5ccccc5)cc(-c5ccccc5)c4)n3)cc21. The van der Waals surface area contributed by atoms with Crippen LogP contribution in [0.1, 0.15) is 53.3 Å². The summed E-state index contributed by atoms with van der Waals surface area (Å²) in [6.45, 7) is 4.71. The van der Waals surface area contributed by atoms with Crippen LogP contribution in [0, 0.1) is 0 Å². The number of nitrogens with zero attached hydrogens (tertiary/aromatic N) is 1. The maximum absolute atomic E-state index is 6.76. The molecule has 9 aromatic rings. The molecule has 3 heteroatoms. The summed E-state index contributed by atoms with van der Waals surface area (Å²) in [6.07, 6.45) is 2.42. The third kappa shape index (κ3) is 5.45. The van der Waals surface area contributed by atoms with Gasteiger partial charge < -0.3 is 4.42 Å². The summed E-state index contributed by atoms with van der Waals surface area (Å²) < 4.78 is 6.76. The highest BCUT2D eigenvalue weighted by Crippen LogP contribution is 2.58. The molecular formula is C56H39NOS. The molecule has 3 aliphatic rings. The molecule has 280 valence electrons. The highest BCUT2D eigenvalue weighted by atomic mass is 32.2. The molecule has 7 aromatic carbocycles. The number of para-hydroxylation sites is 1. The maximum atomic E-state index is 6.76. The van der Waals surface area contributed by atoms with E-state index in [-0.39, 0.29) is 16.6 Å². The van der Waals surface area contributed by atoms with E-state index in [0.29, 0.717) is 0 Å². The Balaban J connectivity index is 1.10. The average molecular weight is 774 g/mol. The lowest BCUT2D eigenvalue weighted by Crippen LogP contribution is -2.18. The summed E-state index contributed by atoms with van der Waals surface area (Å²) in [5.41, 5.74) is 20.0. The van der Waals surface area contributed by atoms with Crippen LogP contribution in [0.3, 0.4) is 0 Å². The first-order valence-electron chi connectivity index (χ1n) is 20.5. The van der Waals surface area contributed by atoms with Crippen LogP contribution < -0.4 is 0 Å². The predicted molar refractivity (Wildman–Crippen MR) is 246 cm³/mol. The normalized spacial score (nSPS) is 16.8.